The zero-order valence-corrected chi connectivity index (χ0v) is 22.8. The molecule has 0 fully saturated rings. The first kappa shape index (κ1) is 25.9. The van der Waals surface area contributed by atoms with E-state index in [1.165, 1.54) is 0 Å². The summed E-state index contributed by atoms with van der Waals surface area (Å²) in [5.74, 6) is -0.338. The Labute approximate surface area is 220 Å². The van der Waals surface area contributed by atoms with Crippen LogP contribution in [0.2, 0.25) is 0 Å². The first-order valence-electron chi connectivity index (χ1n) is 12.2. The van der Waals surface area contributed by atoms with Crippen molar-refractivity contribution in [3.05, 3.63) is 76.3 Å². The standard InChI is InChI=1S/C29H32BrN3O3/c1-19(27(35)31-29(2,3)4)33(18-20-9-5-12-22(30)17-20)25(34)15-8-16-32-24-14-7-11-21-10-6-13-23(26(21)24)28(32)36/h5-7,9-14,17,19H,8,15-16,18H2,1-4H3,(H,31,35)/t19-/m0/s1. The maximum absolute atomic E-state index is 13.4. The van der Waals surface area contributed by atoms with Crippen molar-refractivity contribution in [2.45, 2.75) is 58.7 Å². The quantitative estimate of drug-likeness (QED) is 0.393. The van der Waals surface area contributed by atoms with Crippen LogP contribution in [0.25, 0.3) is 10.8 Å². The van der Waals surface area contributed by atoms with Crippen molar-refractivity contribution in [1.29, 1.82) is 0 Å². The molecule has 1 aliphatic rings. The fraction of sp³-hybridized carbons (Fsp3) is 0.345. The highest BCUT2D eigenvalue weighted by Gasteiger charge is 2.31. The van der Waals surface area contributed by atoms with E-state index >= 15 is 0 Å². The van der Waals surface area contributed by atoms with E-state index in [1.54, 1.807) is 16.7 Å². The van der Waals surface area contributed by atoms with Crippen molar-refractivity contribution >= 4 is 50.1 Å². The fourth-order valence-corrected chi connectivity index (χ4v) is 5.07. The zero-order chi connectivity index (χ0) is 26.0. The summed E-state index contributed by atoms with van der Waals surface area (Å²) in [5.41, 5.74) is 2.13. The second-order valence-electron chi connectivity index (χ2n) is 10.3. The largest absolute Gasteiger partial charge is 0.350 e. The molecule has 3 amide bonds. The monoisotopic (exact) mass is 549 g/mol. The van der Waals surface area contributed by atoms with E-state index in [0.29, 0.717) is 25.1 Å². The number of benzene rings is 3. The molecule has 0 bridgehead atoms. The van der Waals surface area contributed by atoms with Crippen LogP contribution in [0.3, 0.4) is 0 Å². The summed E-state index contributed by atoms with van der Waals surface area (Å²) in [6, 6.07) is 18.8. The molecule has 36 heavy (non-hydrogen) atoms. The van der Waals surface area contributed by atoms with Gasteiger partial charge in [-0.25, -0.2) is 0 Å². The number of carbonyl (C=O) groups is 3. The van der Waals surface area contributed by atoms with Crippen LogP contribution in [0.5, 0.6) is 0 Å². The Morgan fingerprint density at radius 2 is 1.75 bits per heavy atom. The Morgan fingerprint density at radius 1 is 1.06 bits per heavy atom. The molecule has 0 radical (unpaired) electrons. The summed E-state index contributed by atoms with van der Waals surface area (Å²) in [5, 5.41) is 4.99. The van der Waals surface area contributed by atoms with Crippen LogP contribution in [-0.2, 0) is 16.1 Å². The Morgan fingerprint density at radius 3 is 2.44 bits per heavy atom. The average molecular weight is 550 g/mol. The SMILES string of the molecule is C[C@@H](C(=O)NC(C)(C)C)N(Cc1cccc(Br)c1)C(=O)CCCN1C(=O)c2cccc3cccc1c23. The average Bonchev–Trinajstić information content (AvgIpc) is 3.09. The molecule has 1 atom stereocenters. The lowest BCUT2D eigenvalue weighted by atomic mass is 10.1. The van der Waals surface area contributed by atoms with E-state index in [1.807, 2.05) is 81.4 Å². The normalized spacial score (nSPS) is 13.7. The molecule has 3 aromatic rings. The molecule has 7 heteroatoms. The van der Waals surface area contributed by atoms with Crippen molar-refractivity contribution in [3.63, 3.8) is 0 Å². The Hall–Kier alpha value is -3.19. The summed E-state index contributed by atoms with van der Waals surface area (Å²) in [4.78, 5) is 42.8. The summed E-state index contributed by atoms with van der Waals surface area (Å²) < 4.78 is 0.917. The van der Waals surface area contributed by atoms with Gasteiger partial charge in [-0.2, -0.15) is 0 Å². The Kier molecular flexibility index (Phi) is 7.50. The molecule has 0 saturated carbocycles. The maximum atomic E-state index is 13.4. The Balaban J connectivity index is 1.47. The number of hydrogen-bond donors (Lipinski definition) is 1. The number of hydrogen-bond acceptors (Lipinski definition) is 3. The van der Waals surface area contributed by atoms with Crippen LogP contribution in [0.1, 0.15) is 56.5 Å². The van der Waals surface area contributed by atoms with Crippen LogP contribution < -0.4 is 10.2 Å². The Bertz CT molecular complexity index is 1310. The molecule has 0 aromatic heterocycles. The number of nitrogens with zero attached hydrogens (tertiary/aromatic N) is 2. The van der Waals surface area contributed by atoms with Gasteiger partial charge in [0.1, 0.15) is 6.04 Å². The molecule has 1 aliphatic heterocycles. The van der Waals surface area contributed by atoms with Gasteiger partial charge in [-0.1, -0.05) is 52.3 Å². The summed E-state index contributed by atoms with van der Waals surface area (Å²) >= 11 is 3.48. The third kappa shape index (κ3) is 5.62. The fourth-order valence-electron chi connectivity index (χ4n) is 4.62. The highest BCUT2D eigenvalue weighted by Crippen LogP contribution is 2.37. The molecule has 4 rings (SSSR count). The van der Waals surface area contributed by atoms with E-state index in [-0.39, 0.29) is 24.1 Å². The molecule has 188 valence electrons. The number of amides is 3. The zero-order valence-electron chi connectivity index (χ0n) is 21.2. The lowest BCUT2D eigenvalue weighted by Crippen LogP contribution is -2.52. The maximum Gasteiger partial charge on any atom is 0.258 e. The van der Waals surface area contributed by atoms with Crippen molar-refractivity contribution in [3.8, 4) is 0 Å². The van der Waals surface area contributed by atoms with Crippen molar-refractivity contribution in [1.82, 2.24) is 10.2 Å². The molecular formula is C29H32BrN3O3. The number of carbonyl (C=O) groups excluding carboxylic acids is 3. The number of anilines is 1. The van der Waals surface area contributed by atoms with Gasteiger partial charge >= 0.3 is 0 Å². The van der Waals surface area contributed by atoms with E-state index < -0.39 is 11.6 Å². The van der Waals surface area contributed by atoms with Gasteiger partial charge in [0.25, 0.3) is 5.91 Å². The first-order valence-corrected chi connectivity index (χ1v) is 13.0. The van der Waals surface area contributed by atoms with Gasteiger partial charge in [-0.3, -0.25) is 14.4 Å². The van der Waals surface area contributed by atoms with Gasteiger partial charge in [-0.15, -0.1) is 0 Å². The molecule has 3 aromatic carbocycles. The third-order valence-corrected chi connectivity index (χ3v) is 6.82. The molecule has 1 heterocycles. The van der Waals surface area contributed by atoms with Crippen LogP contribution in [0.4, 0.5) is 5.69 Å². The second-order valence-corrected chi connectivity index (χ2v) is 11.2. The van der Waals surface area contributed by atoms with Crippen LogP contribution in [0, 0.1) is 0 Å². The minimum absolute atomic E-state index is 0.0295. The van der Waals surface area contributed by atoms with Crippen LogP contribution in [-0.4, -0.2) is 40.7 Å². The minimum atomic E-state index is -0.637. The van der Waals surface area contributed by atoms with Gasteiger partial charge < -0.3 is 15.1 Å². The topological polar surface area (TPSA) is 69.7 Å². The van der Waals surface area contributed by atoms with E-state index in [0.717, 1.165) is 26.5 Å². The van der Waals surface area contributed by atoms with Crippen LogP contribution in [0.15, 0.2) is 65.1 Å². The molecule has 0 aliphatic carbocycles. The lowest BCUT2D eigenvalue weighted by Gasteiger charge is -2.31. The molecule has 0 unspecified atom stereocenters. The number of rotatable bonds is 8. The number of halogens is 1. The van der Waals surface area contributed by atoms with Gasteiger partial charge in [0, 0.05) is 40.5 Å². The van der Waals surface area contributed by atoms with E-state index in [9.17, 15) is 14.4 Å². The molecule has 0 saturated heterocycles. The number of nitrogens with one attached hydrogen (secondary N) is 1. The summed E-state index contributed by atoms with van der Waals surface area (Å²) in [7, 11) is 0. The smallest absolute Gasteiger partial charge is 0.258 e. The molecule has 0 spiro atoms. The van der Waals surface area contributed by atoms with Gasteiger partial charge in [0.15, 0.2) is 0 Å². The predicted octanol–water partition coefficient (Wildman–Crippen LogP) is 5.67. The highest BCUT2D eigenvalue weighted by molar-refractivity contribution is 9.10. The lowest BCUT2D eigenvalue weighted by molar-refractivity contribution is -0.141. The molecule has 1 N–H and O–H groups in total. The summed E-state index contributed by atoms with van der Waals surface area (Å²) in [6.07, 6.45) is 0.731. The van der Waals surface area contributed by atoms with Crippen molar-refractivity contribution < 1.29 is 14.4 Å². The predicted molar refractivity (Wildman–Crippen MR) is 147 cm³/mol. The second kappa shape index (κ2) is 10.4. The van der Waals surface area contributed by atoms with Gasteiger partial charge in [0.2, 0.25) is 11.8 Å². The third-order valence-electron chi connectivity index (χ3n) is 6.33. The van der Waals surface area contributed by atoms with E-state index in [2.05, 4.69) is 21.2 Å². The molecular weight excluding hydrogens is 518 g/mol. The van der Waals surface area contributed by atoms with Crippen molar-refractivity contribution in [2.24, 2.45) is 0 Å². The highest BCUT2D eigenvalue weighted by atomic mass is 79.9. The van der Waals surface area contributed by atoms with Gasteiger partial charge in [-0.05, 0) is 69.3 Å². The minimum Gasteiger partial charge on any atom is -0.350 e. The van der Waals surface area contributed by atoms with Crippen molar-refractivity contribution in [2.75, 3.05) is 11.4 Å². The summed E-state index contributed by atoms with van der Waals surface area (Å²) in [6.45, 7) is 8.28. The van der Waals surface area contributed by atoms with Crippen LogP contribution >= 0.6 is 15.9 Å². The van der Waals surface area contributed by atoms with Gasteiger partial charge in [0.05, 0.1) is 5.69 Å². The van der Waals surface area contributed by atoms with E-state index in [4.69, 9.17) is 0 Å². The first-order chi connectivity index (χ1) is 17.0. The molecule has 6 nitrogen and oxygen atoms in total.